The number of nitrogens with zero attached hydrogens (tertiary/aromatic N) is 5. The van der Waals surface area contributed by atoms with E-state index in [2.05, 4.69) is 22.9 Å². The topological polar surface area (TPSA) is 58.8 Å². The maximum atomic E-state index is 14.3. The second-order valence-electron chi connectivity index (χ2n) is 10.1. The predicted octanol–water partition coefficient (Wildman–Crippen LogP) is 4.95. The molecule has 0 N–H and O–H groups in total. The summed E-state index contributed by atoms with van der Waals surface area (Å²) in [6.45, 7) is 3.92. The van der Waals surface area contributed by atoms with E-state index >= 15 is 0 Å². The van der Waals surface area contributed by atoms with Crippen LogP contribution in [0.25, 0.3) is 22.3 Å². The van der Waals surface area contributed by atoms with Crippen molar-refractivity contribution in [2.24, 2.45) is 21.1 Å². The van der Waals surface area contributed by atoms with E-state index in [0.717, 1.165) is 39.2 Å². The van der Waals surface area contributed by atoms with Crippen LogP contribution >= 0.6 is 0 Å². The van der Waals surface area contributed by atoms with Gasteiger partial charge in [0.1, 0.15) is 0 Å². The van der Waals surface area contributed by atoms with Gasteiger partial charge < -0.3 is 4.57 Å². The fourth-order valence-electron chi connectivity index (χ4n) is 5.90. The monoisotopic (exact) mass is 517 g/mol. The van der Waals surface area contributed by atoms with Gasteiger partial charge in [0.05, 0.1) is 28.4 Å². The van der Waals surface area contributed by atoms with E-state index in [0.29, 0.717) is 11.1 Å². The maximum absolute atomic E-state index is 14.3. The lowest BCUT2D eigenvalue weighted by atomic mass is 9.85. The van der Waals surface area contributed by atoms with Gasteiger partial charge in [0.15, 0.2) is 0 Å². The Morgan fingerprint density at radius 3 is 1.51 bits per heavy atom. The number of aromatic nitrogens is 5. The lowest BCUT2D eigenvalue weighted by Gasteiger charge is -2.15. The van der Waals surface area contributed by atoms with Crippen molar-refractivity contribution in [3.8, 4) is 11.4 Å². The van der Waals surface area contributed by atoms with E-state index in [1.165, 1.54) is 0 Å². The molecule has 0 spiro atoms. The highest BCUT2D eigenvalue weighted by molar-refractivity contribution is 5.85. The first-order valence-corrected chi connectivity index (χ1v) is 13.0. The van der Waals surface area contributed by atoms with Crippen LogP contribution in [0.5, 0.6) is 0 Å². The van der Waals surface area contributed by atoms with Gasteiger partial charge in [-0.2, -0.15) is 0 Å². The Balaban J connectivity index is 1.72. The normalized spacial score (nSPS) is 11.6. The third-order valence-corrected chi connectivity index (χ3v) is 8.01. The van der Waals surface area contributed by atoms with Crippen LogP contribution in [0.1, 0.15) is 34.0 Å². The first kappa shape index (κ1) is 24.6. The van der Waals surface area contributed by atoms with Gasteiger partial charge >= 0.3 is 0 Å². The first-order valence-electron chi connectivity index (χ1n) is 13.0. The van der Waals surface area contributed by atoms with Crippen molar-refractivity contribution in [3.05, 3.63) is 140 Å². The third kappa shape index (κ3) is 3.65. The highest BCUT2D eigenvalue weighted by atomic mass is 16.1. The summed E-state index contributed by atoms with van der Waals surface area (Å²) in [6.07, 6.45) is 2.06. The summed E-state index contributed by atoms with van der Waals surface area (Å²) in [7, 11) is 5.80. The summed E-state index contributed by atoms with van der Waals surface area (Å²) >= 11 is 0. The molecule has 0 saturated carbocycles. The third-order valence-electron chi connectivity index (χ3n) is 8.01. The summed E-state index contributed by atoms with van der Waals surface area (Å²) in [4.78, 5) is 28.7. The van der Waals surface area contributed by atoms with Crippen LogP contribution in [0.2, 0.25) is 0 Å². The number of rotatable bonds is 5. The molecule has 39 heavy (non-hydrogen) atoms. The minimum absolute atomic E-state index is 0.131. The van der Waals surface area contributed by atoms with Crippen LogP contribution in [0.3, 0.4) is 0 Å². The Labute approximate surface area is 226 Å². The van der Waals surface area contributed by atoms with Crippen molar-refractivity contribution in [1.29, 1.82) is 0 Å². The van der Waals surface area contributed by atoms with Crippen LogP contribution in [0.4, 0.5) is 0 Å². The average Bonchev–Trinajstić information content (AvgIpc) is 3.48. The summed E-state index contributed by atoms with van der Waals surface area (Å²) < 4.78 is 9.23. The highest BCUT2D eigenvalue weighted by Gasteiger charge is 2.34. The standard InChI is InChI=1S/C32H31N5O2/c1-21-28(31(38)36(34(21)4)23-14-8-6-9-15-23)30(26-20-33(3)27-19-13-12-18-25(26)27)29-22(2)35(5)37(32(29)39)24-16-10-7-11-17-24/h6-20,30H,1-5H3. The predicted molar refractivity (Wildman–Crippen MR) is 155 cm³/mol. The molecule has 0 aliphatic heterocycles. The molecule has 196 valence electrons. The molecule has 6 aromatic rings. The van der Waals surface area contributed by atoms with E-state index in [-0.39, 0.29) is 11.1 Å². The summed E-state index contributed by atoms with van der Waals surface area (Å²) in [5.41, 5.74) is 6.11. The number of hydrogen-bond donors (Lipinski definition) is 0. The fraction of sp³-hybridized carbons (Fsp3) is 0.188. The number of hydrogen-bond acceptors (Lipinski definition) is 2. The second-order valence-corrected chi connectivity index (χ2v) is 10.1. The Kier molecular flexibility index (Phi) is 5.79. The number of para-hydroxylation sites is 3. The minimum atomic E-state index is -0.566. The fourth-order valence-corrected chi connectivity index (χ4v) is 5.90. The highest BCUT2D eigenvalue weighted by Crippen LogP contribution is 2.37. The van der Waals surface area contributed by atoms with Gasteiger partial charge in [-0.1, -0.05) is 54.6 Å². The quantitative estimate of drug-likeness (QED) is 0.325. The van der Waals surface area contributed by atoms with Crippen LogP contribution in [-0.2, 0) is 21.1 Å². The maximum Gasteiger partial charge on any atom is 0.275 e. The molecule has 0 atom stereocenters. The van der Waals surface area contributed by atoms with Crippen LogP contribution < -0.4 is 11.1 Å². The SMILES string of the molecule is Cc1c(C(c2c(C)n(C)n(-c3ccccc3)c2=O)c2cn(C)c3ccccc23)c(=O)n(-c2ccccc2)n1C. The lowest BCUT2D eigenvalue weighted by molar-refractivity contribution is 0.630. The zero-order valence-corrected chi connectivity index (χ0v) is 22.8. The summed E-state index contributed by atoms with van der Waals surface area (Å²) in [5.74, 6) is -0.566. The van der Waals surface area contributed by atoms with Gasteiger partial charge in [-0.3, -0.25) is 19.0 Å². The van der Waals surface area contributed by atoms with Gasteiger partial charge in [-0.15, -0.1) is 0 Å². The molecule has 7 nitrogen and oxygen atoms in total. The van der Waals surface area contributed by atoms with Gasteiger partial charge in [0, 0.05) is 49.6 Å². The Bertz CT molecular complexity index is 1850. The van der Waals surface area contributed by atoms with Crippen molar-refractivity contribution in [3.63, 3.8) is 0 Å². The zero-order chi connectivity index (χ0) is 27.4. The molecule has 6 rings (SSSR count). The van der Waals surface area contributed by atoms with Crippen molar-refractivity contribution >= 4 is 10.9 Å². The molecule has 0 aliphatic carbocycles. The van der Waals surface area contributed by atoms with Gasteiger partial charge in [0.25, 0.3) is 11.1 Å². The lowest BCUT2D eigenvalue weighted by Crippen LogP contribution is -2.26. The van der Waals surface area contributed by atoms with Crippen molar-refractivity contribution in [2.75, 3.05) is 0 Å². The van der Waals surface area contributed by atoms with Crippen LogP contribution in [0, 0.1) is 13.8 Å². The Morgan fingerprint density at radius 1 is 0.590 bits per heavy atom. The molecule has 3 aromatic heterocycles. The Morgan fingerprint density at radius 2 is 1.03 bits per heavy atom. The molecule has 0 radical (unpaired) electrons. The van der Waals surface area contributed by atoms with Gasteiger partial charge in [-0.25, -0.2) is 9.36 Å². The van der Waals surface area contributed by atoms with Crippen molar-refractivity contribution < 1.29 is 0 Å². The molecule has 0 unspecified atom stereocenters. The number of aryl methyl sites for hydroxylation is 1. The van der Waals surface area contributed by atoms with E-state index < -0.39 is 5.92 Å². The molecule has 0 fully saturated rings. The van der Waals surface area contributed by atoms with E-state index in [4.69, 9.17) is 0 Å². The Hall–Kier alpha value is -4.78. The molecular formula is C32H31N5O2. The summed E-state index contributed by atoms with van der Waals surface area (Å²) in [6, 6.07) is 27.4. The molecule has 0 saturated heterocycles. The second kappa shape index (κ2) is 9.20. The van der Waals surface area contributed by atoms with E-state index in [1.54, 1.807) is 9.36 Å². The molecule has 0 bridgehead atoms. The molecule has 3 heterocycles. The number of benzene rings is 3. The summed E-state index contributed by atoms with van der Waals surface area (Å²) in [5, 5.41) is 1.02. The molecule has 0 aliphatic rings. The smallest absolute Gasteiger partial charge is 0.275 e. The number of fused-ring (bicyclic) bond motifs is 1. The zero-order valence-electron chi connectivity index (χ0n) is 22.8. The van der Waals surface area contributed by atoms with Crippen LogP contribution in [0.15, 0.2) is 101 Å². The largest absolute Gasteiger partial charge is 0.350 e. The average molecular weight is 518 g/mol. The van der Waals surface area contributed by atoms with Crippen LogP contribution in [-0.4, -0.2) is 23.3 Å². The molecule has 0 amide bonds. The first-order chi connectivity index (χ1) is 18.8. The van der Waals surface area contributed by atoms with Gasteiger partial charge in [-0.05, 0) is 49.7 Å². The molecule has 7 heteroatoms. The van der Waals surface area contributed by atoms with E-state index in [1.807, 2.05) is 117 Å². The molecular weight excluding hydrogens is 486 g/mol. The van der Waals surface area contributed by atoms with E-state index in [9.17, 15) is 9.59 Å². The van der Waals surface area contributed by atoms with Crippen molar-refractivity contribution in [1.82, 2.24) is 23.3 Å². The minimum Gasteiger partial charge on any atom is -0.350 e. The molecule has 3 aromatic carbocycles. The van der Waals surface area contributed by atoms with Crippen molar-refractivity contribution in [2.45, 2.75) is 19.8 Å². The van der Waals surface area contributed by atoms with Gasteiger partial charge in [0.2, 0.25) is 0 Å².